The molecule has 0 unspecified atom stereocenters. The van der Waals surface area contributed by atoms with Gasteiger partial charge in [-0.1, -0.05) is 146 Å². The van der Waals surface area contributed by atoms with Gasteiger partial charge in [-0.25, -0.2) is 15.0 Å². The van der Waals surface area contributed by atoms with E-state index in [9.17, 15) is 0 Å². The van der Waals surface area contributed by atoms with Gasteiger partial charge in [-0.05, 0) is 56.3 Å². The maximum absolute atomic E-state index is 4.96. The van der Waals surface area contributed by atoms with Gasteiger partial charge in [0.05, 0.1) is 0 Å². The van der Waals surface area contributed by atoms with Crippen molar-refractivity contribution in [3.05, 3.63) is 164 Å². The van der Waals surface area contributed by atoms with Gasteiger partial charge in [-0.3, -0.25) is 0 Å². The molecule has 0 aliphatic rings. The van der Waals surface area contributed by atoms with E-state index in [4.69, 9.17) is 15.0 Å². The first-order valence-electron chi connectivity index (χ1n) is 16.4. The van der Waals surface area contributed by atoms with Crippen LogP contribution in [0.5, 0.6) is 0 Å². The van der Waals surface area contributed by atoms with Gasteiger partial charge in [-0.2, -0.15) is 0 Å². The predicted octanol–water partition coefficient (Wildman–Crippen LogP) is 12.4. The highest BCUT2D eigenvalue weighted by atomic mass is 32.1. The summed E-state index contributed by atoms with van der Waals surface area (Å²) in [6.45, 7) is 0. The highest BCUT2D eigenvalue weighted by molar-refractivity contribution is 7.26. The van der Waals surface area contributed by atoms with Crippen molar-refractivity contribution in [3.8, 4) is 45.3 Å². The van der Waals surface area contributed by atoms with Crippen molar-refractivity contribution in [2.75, 3.05) is 0 Å². The van der Waals surface area contributed by atoms with Crippen molar-refractivity contribution in [1.29, 1.82) is 0 Å². The molecule has 0 fully saturated rings. The van der Waals surface area contributed by atoms with Gasteiger partial charge in [0.25, 0.3) is 0 Å². The number of nitrogens with zero attached hydrogens (tertiary/aromatic N) is 3. The summed E-state index contributed by atoms with van der Waals surface area (Å²) in [5.41, 5.74) is 5.30. The lowest BCUT2D eigenvalue weighted by atomic mass is 9.95. The smallest absolute Gasteiger partial charge is 0.164 e. The molecule has 0 bridgehead atoms. The Bertz CT molecular complexity index is 2820. The van der Waals surface area contributed by atoms with Crippen LogP contribution < -0.4 is 0 Å². The Kier molecular flexibility index (Phi) is 6.36. The van der Waals surface area contributed by atoms with Gasteiger partial charge in [0.1, 0.15) is 0 Å². The van der Waals surface area contributed by atoms with E-state index < -0.39 is 0 Å². The second-order valence-corrected chi connectivity index (χ2v) is 13.5. The third-order valence-electron chi connectivity index (χ3n) is 9.49. The van der Waals surface area contributed by atoms with Crippen molar-refractivity contribution in [2.45, 2.75) is 0 Å². The molecule has 0 aliphatic heterocycles. The van der Waals surface area contributed by atoms with E-state index in [-0.39, 0.29) is 0 Å². The molecule has 10 aromatic rings. The maximum Gasteiger partial charge on any atom is 0.164 e. The molecule has 3 nitrogen and oxygen atoms in total. The second-order valence-electron chi connectivity index (χ2n) is 12.4. The number of hydrogen-bond acceptors (Lipinski definition) is 4. The number of thiophene rings is 1. The summed E-state index contributed by atoms with van der Waals surface area (Å²) in [7, 11) is 0. The average Bonchev–Trinajstić information content (AvgIpc) is 3.56. The lowest BCUT2D eigenvalue weighted by Gasteiger charge is -2.11. The minimum atomic E-state index is 0.658. The van der Waals surface area contributed by atoms with Gasteiger partial charge in [0, 0.05) is 42.2 Å². The minimum absolute atomic E-state index is 0.658. The molecule has 2 aromatic heterocycles. The molecule has 0 saturated heterocycles. The number of aromatic nitrogens is 3. The summed E-state index contributed by atoms with van der Waals surface area (Å²) in [4.78, 5) is 14.8. The largest absolute Gasteiger partial charge is 0.208 e. The fourth-order valence-electron chi connectivity index (χ4n) is 7.10. The normalized spacial score (nSPS) is 11.7. The Morgan fingerprint density at radius 1 is 0.347 bits per heavy atom. The fourth-order valence-corrected chi connectivity index (χ4v) is 8.35. The first-order chi connectivity index (χ1) is 24.3. The zero-order chi connectivity index (χ0) is 32.3. The summed E-state index contributed by atoms with van der Waals surface area (Å²) >= 11 is 1.89. The van der Waals surface area contributed by atoms with E-state index >= 15 is 0 Å². The summed E-state index contributed by atoms with van der Waals surface area (Å²) in [5.74, 6) is 1.98. The van der Waals surface area contributed by atoms with E-state index in [0.717, 1.165) is 22.1 Å². The molecule has 228 valence electrons. The molecule has 10 rings (SSSR count). The van der Waals surface area contributed by atoms with Crippen LogP contribution in [0.3, 0.4) is 0 Å². The molecule has 49 heavy (non-hydrogen) atoms. The monoisotopic (exact) mass is 641 g/mol. The Morgan fingerprint density at radius 2 is 0.959 bits per heavy atom. The van der Waals surface area contributed by atoms with Crippen LogP contribution in [0, 0.1) is 0 Å². The molecule has 0 atom stereocenters. The molecule has 0 radical (unpaired) electrons. The molecule has 0 aliphatic carbocycles. The highest BCUT2D eigenvalue weighted by Gasteiger charge is 2.15. The SMILES string of the molecule is c1ccc(-c2nc(-c3ccccc3)nc(-c3ccc4c(-c5ccc6sc7c(ccc8ccc9ccccc9c87)c6c5)cccc4c3)n2)cc1. The topological polar surface area (TPSA) is 38.7 Å². The standard InChI is InChI=1S/C45H27N3S/c1-3-11-30(12-4-1)43-46-44(31-13-5-2-6-14-31)48-45(47-43)34-21-23-36-32(26-34)15-9-17-35(36)33-22-25-40-39(27-33)38-24-20-29-19-18-28-10-7-8-16-37(28)41(29)42(38)49-40/h1-27H. The van der Waals surface area contributed by atoms with Crippen LogP contribution in [0.15, 0.2) is 164 Å². The number of benzene rings is 8. The Labute approximate surface area is 286 Å². The van der Waals surface area contributed by atoms with E-state index in [1.165, 1.54) is 58.2 Å². The van der Waals surface area contributed by atoms with Crippen LogP contribution in [-0.2, 0) is 0 Å². The highest BCUT2D eigenvalue weighted by Crippen LogP contribution is 2.43. The van der Waals surface area contributed by atoms with Gasteiger partial charge < -0.3 is 0 Å². The lowest BCUT2D eigenvalue weighted by molar-refractivity contribution is 1.07. The predicted molar refractivity (Wildman–Crippen MR) is 207 cm³/mol. The number of hydrogen-bond donors (Lipinski definition) is 0. The molecular formula is C45H27N3S. The van der Waals surface area contributed by atoms with Crippen molar-refractivity contribution in [2.24, 2.45) is 0 Å². The molecule has 2 heterocycles. The molecular weight excluding hydrogens is 615 g/mol. The molecule has 0 N–H and O–H groups in total. The van der Waals surface area contributed by atoms with E-state index in [1.54, 1.807) is 0 Å². The Balaban J connectivity index is 1.11. The first kappa shape index (κ1) is 27.8. The van der Waals surface area contributed by atoms with Gasteiger partial charge in [-0.15, -0.1) is 11.3 Å². The third-order valence-corrected chi connectivity index (χ3v) is 10.7. The molecule has 0 saturated carbocycles. The Morgan fingerprint density at radius 3 is 1.73 bits per heavy atom. The molecule has 8 aromatic carbocycles. The second kappa shape index (κ2) is 11.2. The average molecular weight is 642 g/mol. The lowest BCUT2D eigenvalue weighted by Crippen LogP contribution is -2.00. The molecule has 0 amide bonds. The van der Waals surface area contributed by atoms with Crippen LogP contribution in [-0.4, -0.2) is 15.0 Å². The fraction of sp³-hybridized carbons (Fsp3) is 0. The number of fused-ring (bicyclic) bond motifs is 8. The quantitative estimate of drug-likeness (QED) is 0.180. The summed E-state index contributed by atoms with van der Waals surface area (Å²) in [5, 5.41) is 10.2. The van der Waals surface area contributed by atoms with Crippen LogP contribution >= 0.6 is 11.3 Å². The maximum atomic E-state index is 4.96. The summed E-state index contributed by atoms with van der Waals surface area (Å²) in [6.07, 6.45) is 0. The molecule has 4 heteroatoms. The van der Waals surface area contributed by atoms with Crippen molar-refractivity contribution in [3.63, 3.8) is 0 Å². The van der Waals surface area contributed by atoms with E-state index in [2.05, 4.69) is 103 Å². The zero-order valence-corrected chi connectivity index (χ0v) is 27.2. The van der Waals surface area contributed by atoms with Crippen molar-refractivity contribution >= 4 is 63.8 Å². The van der Waals surface area contributed by atoms with Crippen LogP contribution in [0.2, 0.25) is 0 Å². The van der Waals surface area contributed by atoms with Crippen LogP contribution in [0.1, 0.15) is 0 Å². The summed E-state index contributed by atoms with van der Waals surface area (Å²) < 4.78 is 2.66. The zero-order valence-electron chi connectivity index (χ0n) is 26.3. The van der Waals surface area contributed by atoms with Gasteiger partial charge in [0.15, 0.2) is 17.5 Å². The number of rotatable bonds is 4. The van der Waals surface area contributed by atoms with E-state index in [0.29, 0.717) is 17.5 Å². The molecule has 0 spiro atoms. The summed E-state index contributed by atoms with van der Waals surface area (Å²) in [6, 6.07) is 58.0. The minimum Gasteiger partial charge on any atom is -0.208 e. The van der Waals surface area contributed by atoms with Gasteiger partial charge >= 0.3 is 0 Å². The van der Waals surface area contributed by atoms with Gasteiger partial charge in [0.2, 0.25) is 0 Å². The first-order valence-corrected chi connectivity index (χ1v) is 17.3. The van der Waals surface area contributed by atoms with Crippen LogP contribution in [0.25, 0.3) is 97.8 Å². The Hall–Kier alpha value is -6.23. The van der Waals surface area contributed by atoms with Crippen molar-refractivity contribution < 1.29 is 0 Å². The van der Waals surface area contributed by atoms with Crippen LogP contribution in [0.4, 0.5) is 0 Å². The van der Waals surface area contributed by atoms with Crippen molar-refractivity contribution in [1.82, 2.24) is 15.0 Å². The van der Waals surface area contributed by atoms with E-state index in [1.807, 2.05) is 72.0 Å². The third kappa shape index (κ3) is 4.68.